The number of hydrogen-bond donors (Lipinski definition) is 0. The van der Waals surface area contributed by atoms with Crippen LogP contribution < -0.4 is 0 Å². The maximum Gasteiger partial charge on any atom is 0.301 e. The molecule has 1 saturated heterocycles. The van der Waals surface area contributed by atoms with Gasteiger partial charge in [-0.05, 0) is 0 Å². The molecule has 0 aromatic rings. The van der Waals surface area contributed by atoms with E-state index in [1.807, 2.05) is 0 Å². The minimum Gasteiger partial charge on any atom is -0.170 e. The van der Waals surface area contributed by atoms with Crippen molar-refractivity contribution in [1.82, 2.24) is 0 Å². The van der Waals surface area contributed by atoms with Crippen LogP contribution in [0.15, 0.2) is 0 Å². The maximum atomic E-state index is 6.04. The molecule has 0 radical (unpaired) electrons. The van der Waals surface area contributed by atoms with Crippen LogP contribution in [0, 0.1) is 0 Å². The average Bonchev–Trinajstić information content (AvgIpc) is 2.05. The molecule has 0 nitrogen and oxygen atoms in total. The van der Waals surface area contributed by atoms with Crippen LogP contribution >= 0.6 is 90.2 Å². The van der Waals surface area contributed by atoms with E-state index in [0.29, 0.717) is 0 Å². The second-order valence-electron chi connectivity index (χ2n) is 2.62. The Hall–Kier alpha value is 2.97. The van der Waals surface area contributed by atoms with Crippen LogP contribution in [-0.4, -0.2) is 28.7 Å². The van der Waals surface area contributed by atoms with Gasteiger partial charge >= 0.3 is 6.69 Å². The number of alkyl halides is 3. The topological polar surface area (TPSA) is 0 Å². The van der Waals surface area contributed by atoms with Gasteiger partial charge in [-0.1, -0.05) is 0 Å². The van der Waals surface area contributed by atoms with Crippen molar-refractivity contribution in [3.05, 3.63) is 0 Å². The van der Waals surface area contributed by atoms with Crippen LogP contribution in [0.4, 0.5) is 0 Å². The van der Waals surface area contributed by atoms with Crippen molar-refractivity contribution in [2.45, 2.75) is 8.20 Å². The van der Waals surface area contributed by atoms with Crippen LogP contribution in [0.5, 0.6) is 0 Å². The summed E-state index contributed by atoms with van der Waals surface area (Å²) in [5.41, 5.74) is 0. The van der Waals surface area contributed by atoms with Crippen molar-refractivity contribution in [2.75, 3.05) is 0 Å². The Morgan fingerprint density at radius 2 is 1.46 bits per heavy atom. The number of rotatable bonds is 0. The highest BCUT2D eigenvalue weighted by atomic mass is 35.7. The first-order chi connectivity index (χ1) is 5.57. The summed E-state index contributed by atoms with van der Waals surface area (Å²) >= 11 is 48.0. The molecular formula is C2H2Cl8Si3. The van der Waals surface area contributed by atoms with Gasteiger partial charge in [0.25, 0.3) is 6.21 Å². The lowest BCUT2D eigenvalue weighted by atomic mass is 11.8. The highest BCUT2D eigenvalue weighted by molar-refractivity contribution is 7.90. The number of hydrogen-bond acceptors (Lipinski definition) is 0. The standard InChI is InChI=1S/C2H2Cl8Si3/c3-1-11(6)13(9,10)2(4,5)12(1,7)8/h1,11H. The molecule has 0 N–H and O–H groups in total. The Kier molecular flexibility index (Phi) is 4.34. The molecule has 1 heterocycles. The highest BCUT2D eigenvalue weighted by Gasteiger charge is 2.79. The fraction of sp³-hybridized carbons (Fsp3) is 1.00. The summed E-state index contributed by atoms with van der Waals surface area (Å²) in [6, 6.07) is 0. The second-order valence-corrected chi connectivity index (χ2v) is 31.2. The van der Waals surface area contributed by atoms with Gasteiger partial charge in [0.1, 0.15) is 0 Å². The van der Waals surface area contributed by atoms with Crippen LogP contribution in [0.25, 0.3) is 0 Å². The zero-order valence-electron chi connectivity index (χ0n) is 5.68. The molecule has 0 saturated carbocycles. The van der Waals surface area contributed by atoms with Crippen molar-refractivity contribution in [3.63, 3.8) is 0 Å². The van der Waals surface area contributed by atoms with Gasteiger partial charge in [0, 0.05) is 0 Å². The van der Waals surface area contributed by atoms with E-state index in [2.05, 4.69) is 0 Å². The summed E-state index contributed by atoms with van der Waals surface area (Å²) in [4.78, 5) is 0. The Labute approximate surface area is 118 Å². The Morgan fingerprint density at radius 3 is 1.54 bits per heavy atom. The molecule has 1 aliphatic heterocycles. The Morgan fingerprint density at radius 1 is 1.08 bits per heavy atom. The monoisotopic (exact) mass is 390 g/mol. The van der Waals surface area contributed by atoms with E-state index in [4.69, 9.17) is 90.2 Å². The summed E-state index contributed by atoms with van der Waals surface area (Å²) in [6.45, 7) is -3.10. The lowest BCUT2D eigenvalue weighted by molar-refractivity contribution is 1.59. The third-order valence-corrected chi connectivity index (χ3v) is 45.5. The summed E-state index contributed by atoms with van der Waals surface area (Å²) in [7, 11) is -2.16. The maximum absolute atomic E-state index is 6.04. The molecule has 0 bridgehead atoms. The van der Waals surface area contributed by atoms with Crippen LogP contribution in [0.3, 0.4) is 0 Å². The Balaban J connectivity index is 3.23. The summed E-state index contributed by atoms with van der Waals surface area (Å²) in [5.74, 6) is 0. The molecule has 11 heteroatoms. The molecule has 0 spiro atoms. The van der Waals surface area contributed by atoms with Gasteiger partial charge in [0.15, 0.2) is 11.2 Å². The van der Waals surface area contributed by atoms with Crippen molar-refractivity contribution in [2.24, 2.45) is 0 Å². The van der Waals surface area contributed by atoms with Gasteiger partial charge in [0.05, 0.1) is 4.62 Å². The molecule has 0 aromatic heterocycles. The Bertz CT molecular complexity index is 203. The molecular weight excluding hydrogens is 392 g/mol. The normalized spacial score (nSPS) is 40.6. The molecule has 78 valence electrons. The van der Waals surface area contributed by atoms with Crippen LogP contribution in [0.1, 0.15) is 0 Å². The summed E-state index contributed by atoms with van der Waals surface area (Å²) < 4.78 is -2.09. The molecule has 13 heavy (non-hydrogen) atoms. The zero-order valence-corrected chi connectivity index (χ0v) is 14.9. The predicted molar refractivity (Wildman–Crippen MR) is 72.0 cm³/mol. The van der Waals surface area contributed by atoms with Crippen LogP contribution in [-0.2, 0) is 0 Å². The van der Waals surface area contributed by atoms with E-state index in [-0.39, 0.29) is 0 Å². The van der Waals surface area contributed by atoms with Gasteiger partial charge in [-0.3, -0.25) is 0 Å². The minimum absolute atomic E-state index is 0.603. The van der Waals surface area contributed by atoms with Crippen LogP contribution in [0.2, 0.25) is 0 Å². The quantitative estimate of drug-likeness (QED) is 0.333. The number of halogens is 8. The van der Waals surface area contributed by atoms with E-state index in [9.17, 15) is 0 Å². The SMILES string of the molecule is ClC1[SiH](Cl)[Si](Cl)(Cl)C(Cl)(Cl)[Si]1(Cl)Cl. The zero-order chi connectivity index (χ0) is 10.7. The molecule has 2 unspecified atom stereocenters. The van der Waals surface area contributed by atoms with E-state index in [0.717, 1.165) is 0 Å². The van der Waals surface area contributed by atoms with E-state index in [1.54, 1.807) is 0 Å². The van der Waals surface area contributed by atoms with E-state index < -0.39 is 28.7 Å². The molecule has 0 aliphatic carbocycles. The molecule has 1 rings (SSSR count). The first kappa shape index (κ1) is 14.0. The third kappa shape index (κ3) is 1.84. The van der Waals surface area contributed by atoms with Crippen molar-refractivity contribution in [1.29, 1.82) is 0 Å². The second kappa shape index (κ2) is 4.02. The van der Waals surface area contributed by atoms with Gasteiger partial charge in [0.2, 0.25) is 0 Å². The van der Waals surface area contributed by atoms with E-state index >= 15 is 0 Å². The summed E-state index contributed by atoms with van der Waals surface area (Å²) in [5, 5.41) is 0. The van der Waals surface area contributed by atoms with Gasteiger partial charge in [-0.15, -0.1) is 79.1 Å². The fourth-order valence-corrected chi connectivity index (χ4v) is 47.7. The smallest absolute Gasteiger partial charge is 0.170 e. The largest absolute Gasteiger partial charge is 0.301 e. The summed E-state index contributed by atoms with van der Waals surface area (Å²) in [6.07, 6.45) is -3.02. The fourth-order valence-electron chi connectivity index (χ4n) is 0.936. The van der Waals surface area contributed by atoms with Gasteiger partial charge in [-0.25, -0.2) is 0 Å². The first-order valence-electron chi connectivity index (χ1n) is 2.98. The molecule has 1 fully saturated rings. The molecule has 0 aromatic carbocycles. The lowest BCUT2D eigenvalue weighted by Gasteiger charge is -2.28. The van der Waals surface area contributed by atoms with Crippen molar-refractivity contribution < 1.29 is 0 Å². The van der Waals surface area contributed by atoms with Crippen molar-refractivity contribution in [3.8, 4) is 0 Å². The highest BCUT2D eigenvalue weighted by Crippen LogP contribution is 2.59. The first-order valence-corrected chi connectivity index (χ1v) is 16.5. The predicted octanol–water partition coefficient (Wildman–Crippen LogP) is 3.82. The lowest BCUT2D eigenvalue weighted by Crippen LogP contribution is -2.52. The van der Waals surface area contributed by atoms with Gasteiger partial charge in [-0.2, -0.15) is 11.1 Å². The van der Waals surface area contributed by atoms with Crippen molar-refractivity contribution >= 4 is 111 Å². The molecule has 0 amide bonds. The third-order valence-electron chi connectivity index (χ3n) is 1.79. The average molecular weight is 394 g/mol. The van der Waals surface area contributed by atoms with E-state index in [1.165, 1.54) is 0 Å². The molecule has 2 atom stereocenters. The molecule has 1 aliphatic rings. The van der Waals surface area contributed by atoms with Gasteiger partial charge < -0.3 is 0 Å². The minimum atomic E-state index is -3.10.